The summed E-state index contributed by atoms with van der Waals surface area (Å²) in [6.07, 6.45) is 0.382. The highest BCUT2D eigenvalue weighted by Crippen LogP contribution is 2.21. The number of nitrogens with zero attached hydrogens (tertiary/aromatic N) is 1. The SMILES string of the molecule is CC(C)N(CC(N)=O)C(=O)NC1(C(=O)O)CCOCC1. The van der Waals surface area contributed by atoms with Gasteiger partial charge in [-0.25, -0.2) is 9.59 Å². The first kappa shape index (κ1) is 16.2. The number of carbonyl (C=O) groups excluding carboxylic acids is 2. The summed E-state index contributed by atoms with van der Waals surface area (Å²) in [5.41, 5.74) is 3.75. The van der Waals surface area contributed by atoms with Crippen molar-refractivity contribution in [2.45, 2.75) is 38.3 Å². The molecule has 4 N–H and O–H groups in total. The molecule has 1 aliphatic heterocycles. The first-order valence-corrected chi connectivity index (χ1v) is 6.47. The van der Waals surface area contributed by atoms with Gasteiger partial charge in [0.15, 0.2) is 0 Å². The van der Waals surface area contributed by atoms with Gasteiger partial charge in [0.2, 0.25) is 5.91 Å². The van der Waals surface area contributed by atoms with Crippen LogP contribution in [0.25, 0.3) is 0 Å². The quantitative estimate of drug-likeness (QED) is 0.630. The summed E-state index contributed by atoms with van der Waals surface area (Å²) in [7, 11) is 0. The van der Waals surface area contributed by atoms with E-state index >= 15 is 0 Å². The summed E-state index contributed by atoms with van der Waals surface area (Å²) in [5.74, 6) is -1.75. The fraction of sp³-hybridized carbons (Fsp3) is 0.750. The number of carbonyl (C=O) groups is 3. The Hall–Kier alpha value is -1.83. The van der Waals surface area contributed by atoms with Crippen LogP contribution in [-0.2, 0) is 14.3 Å². The molecular formula is C12H21N3O5. The maximum absolute atomic E-state index is 12.2. The predicted molar refractivity (Wildman–Crippen MR) is 70.0 cm³/mol. The van der Waals surface area contributed by atoms with Gasteiger partial charge < -0.3 is 25.8 Å². The minimum absolute atomic E-state index is 0.191. The normalized spacial score (nSPS) is 17.6. The largest absolute Gasteiger partial charge is 0.480 e. The molecule has 1 aliphatic rings. The molecule has 0 aromatic heterocycles. The number of urea groups is 1. The summed E-state index contributed by atoms with van der Waals surface area (Å²) in [4.78, 5) is 35.8. The van der Waals surface area contributed by atoms with E-state index in [9.17, 15) is 19.5 Å². The van der Waals surface area contributed by atoms with Gasteiger partial charge in [0.25, 0.3) is 0 Å². The maximum Gasteiger partial charge on any atom is 0.329 e. The van der Waals surface area contributed by atoms with Crippen LogP contribution >= 0.6 is 0 Å². The molecule has 0 saturated carbocycles. The first-order chi connectivity index (χ1) is 9.28. The van der Waals surface area contributed by atoms with Crippen molar-refractivity contribution in [3.05, 3.63) is 0 Å². The third-order valence-electron chi connectivity index (χ3n) is 3.31. The first-order valence-electron chi connectivity index (χ1n) is 6.47. The number of ether oxygens (including phenoxy) is 1. The number of hydrogen-bond acceptors (Lipinski definition) is 4. The minimum atomic E-state index is -1.35. The average Bonchev–Trinajstić information content (AvgIpc) is 2.36. The highest BCUT2D eigenvalue weighted by atomic mass is 16.5. The van der Waals surface area contributed by atoms with Gasteiger partial charge in [-0.3, -0.25) is 4.79 Å². The van der Waals surface area contributed by atoms with E-state index in [-0.39, 0.29) is 38.6 Å². The van der Waals surface area contributed by atoms with Crippen molar-refractivity contribution >= 4 is 17.9 Å². The molecule has 1 rings (SSSR count). The smallest absolute Gasteiger partial charge is 0.329 e. The molecule has 0 atom stereocenters. The molecule has 3 amide bonds. The number of nitrogens with two attached hydrogens (primary N) is 1. The Kier molecular flexibility index (Phi) is 5.32. The molecule has 114 valence electrons. The lowest BCUT2D eigenvalue weighted by Crippen LogP contribution is -2.61. The summed E-state index contributed by atoms with van der Waals surface area (Å²) < 4.78 is 5.13. The molecule has 0 bridgehead atoms. The summed E-state index contributed by atoms with van der Waals surface area (Å²) >= 11 is 0. The molecule has 0 unspecified atom stereocenters. The molecule has 0 aliphatic carbocycles. The number of carboxylic acids is 1. The van der Waals surface area contributed by atoms with Crippen LogP contribution in [-0.4, -0.2) is 59.3 Å². The molecular weight excluding hydrogens is 266 g/mol. The zero-order valence-corrected chi connectivity index (χ0v) is 11.7. The third-order valence-corrected chi connectivity index (χ3v) is 3.31. The Bertz CT molecular complexity index is 391. The number of carboxylic acid groups (broad SMARTS) is 1. The Morgan fingerprint density at radius 3 is 2.30 bits per heavy atom. The number of amides is 3. The Balaban J connectivity index is 2.83. The molecule has 0 spiro atoms. The average molecular weight is 287 g/mol. The fourth-order valence-electron chi connectivity index (χ4n) is 2.05. The van der Waals surface area contributed by atoms with Crippen LogP contribution < -0.4 is 11.1 Å². The lowest BCUT2D eigenvalue weighted by Gasteiger charge is -2.36. The molecule has 1 saturated heterocycles. The molecule has 1 heterocycles. The Morgan fingerprint density at radius 2 is 1.90 bits per heavy atom. The van der Waals surface area contributed by atoms with E-state index in [1.165, 1.54) is 4.90 Å². The molecule has 1 fully saturated rings. The second kappa shape index (κ2) is 6.56. The molecule has 8 nitrogen and oxygen atoms in total. The zero-order chi connectivity index (χ0) is 15.3. The van der Waals surface area contributed by atoms with Crippen LogP contribution in [0.1, 0.15) is 26.7 Å². The van der Waals surface area contributed by atoms with Crippen molar-refractivity contribution in [3.8, 4) is 0 Å². The molecule has 20 heavy (non-hydrogen) atoms. The summed E-state index contributed by atoms with van der Waals surface area (Å²) in [5, 5.41) is 11.9. The number of hydrogen-bond donors (Lipinski definition) is 3. The molecule has 0 radical (unpaired) electrons. The van der Waals surface area contributed by atoms with Gasteiger partial charge in [-0.05, 0) is 13.8 Å². The number of nitrogens with one attached hydrogen (secondary N) is 1. The van der Waals surface area contributed by atoms with Gasteiger partial charge in [0.05, 0.1) is 0 Å². The van der Waals surface area contributed by atoms with Crippen molar-refractivity contribution in [1.82, 2.24) is 10.2 Å². The van der Waals surface area contributed by atoms with E-state index < -0.39 is 23.4 Å². The third kappa shape index (κ3) is 3.83. The van der Waals surface area contributed by atoms with Crippen molar-refractivity contribution in [1.29, 1.82) is 0 Å². The van der Waals surface area contributed by atoms with Crippen molar-refractivity contribution in [2.24, 2.45) is 5.73 Å². The molecule has 8 heteroatoms. The van der Waals surface area contributed by atoms with E-state index in [1.807, 2.05) is 0 Å². The molecule has 0 aromatic rings. The highest BCUT2D eigenvalue weighted by molar-refractivity contribution is 5.88. The number of rotatable bonds is 5. The number of aliphatic carboxylic acids is 1. The van der Waals surface area contributed by atoms with Gasteiger partial charge in [0, 0.05) is 32.1 Å². The van der Waals surface area contributed by atoms with Crippen LogP contribution in [0.2, 0.25) is 0 Å². The van der Waals surface area contributed by atoms with Crippen molar-refractivity contribution < 1.29 is 24.2 Å². The van der Waals surface area contributed by atoms with E-state index in [1.54, 1.807) is 13.8 Å². The van der Waals surface area contributed by atoms with Crippen LogP contribution in [0.5, 0.6) is 0 Å². The van der Waals surface area contributed by atoms with Crippen LogP contribution in [0, 0.1) is 0 Å². The zero-order valence-electron chi connectivity index (χ0n) is 11.7. The van der Waals surface area contributed by atoms with Crippen LogP contribution in [0.3, 0.4) is 0 Å². The van der Waals surface area contributed by atoms with Gasteiger partial charge >= 0.3 is 12.0 Å². The summed E-state index contributed by atoms with van der Waals surface area (Å²) in [6, 6.07) is -0.878. The standard InChI is InChI=1S/C12H21N3O5/c1-8(2)15(7-9(13)16)11(19)14-12(10(17)18)3-5-20-6-4-12/h8H,3-7H2,1-2H3,(H2,13,16)(H,14,19)(H,17,18). The van der Waals surface area contributed by atoms with Gasteiger partial charge in [0.1, 0.15) is 12.1 Å². The second-order valence-electron chi connectivity index (χ2n) is 5.12. The van der Waals surface area contributed by atoms with Gasteiger partial charge in [-0.1, -0.05) is 0 Å². The maximum atomic E-state index is 12.2. The Morgan fingerprint density at radius 1 is 1.35 bits per heavy atom. The fourth-order valence-corrected chi connectivity index (χ4v) is 2.05. The van der Waals surface area contributed by atoms with E-state index in [0.29, 0.717) is 0 Å². The van der Waals surface area contributed by atoms with E-state index in [0.717, 1.165) is 0 Å². The van der Waals surface area contributed by atoms with Crippen molar-refractivity contribution in [3.63, 3.8) is 0 Å². The molecule has 0 aromatic carbocycles. The highest BCUT2D eigenvalue weighted by Gasteiger charge is 2.42. The van der Waals surface area contributed by atoms with Crippen LogP contribution in [0.15, 0.2) is 0 Å². The van der Waals surface area contributed by atoms with Crippen molar-refractivity contribution in [2.75, 3.05) is 19.8 Å². The van der Waals surface area contributed by atoms with E-state index in [4.69, 9.17) is 10.5 Å². The lowest BCUT2D eigenvalue weighted by atomic mass is 9.90. The number of primary amides is 1. The van der Waals surface area contributed by atoms with E-state index in [2.05, 4.69) is 5.32 Å². The summed E-state index contributed by atoms with van der Waals surface area (Å²) in [6.45, 7) is 3.73. The topological polar surface area (TPSA) is 122 Å². The minimum Gasteiger partial charge on any atom is -0.480 e. The Labute approximate surface area is 117 Å². The van der Waals surface area contributed by atoms with Gasteiger partial charge in [-0.15, -0.1) is 0 Å². The van der Waals surface area contributed by atoms with Gasteiger partial charge in [-0.2, -0.15) is 0 Å². The predicted octanol–water partition coefficient (Wildman–Crippen LogP) is -0.474. The monoisotopic (exact) mass is 287 g/mol. The van der Waals surface area contributed by atoms with Crippen LogP contribution in [0.4, 0.5) is 4.79 Å². The lowest BCUT2D eigenvalue weighted by molar-refractivity contribution is -0.148. The second-order valence-corrected chi connectivity index (χ2v) is 5.12.